The molecule has 1 saturated heterocycles. The van der Waals surface area contributed by atoms with Crippen LogP contribution < -0.4 is 0 Å². The summed E-state index contributed by atoms with van der Waals surface area (Å²) in [5.41, 5.74) is -1.14. The zero-order valence-electron chi connectivity index (χ0n) is 23.3. The van der Waals surface area contributed by atoms with Gasteiger partial charge in [0.05, 0.1) is 0 Å². The first-order chi connectivity index (χ1) is 17.9. The Morgan fingerprint density at radius 2 is 1.03 bits per heavy atom. The minimum Gasteiger partial charge on any atom is -0.465 e. The molecule has 1 fully saturated rings. The second-order valence-electron chi connectivity index (χ2n) is 10.4. The van der Waals surface area contributed by atoms with Crippen molar-refractivity contribution >= 4 is 23.9 Å². The number of carbonyl (C=O) groups excluding carboxylic acids is 4. The monoisotopic (exact) mass is 526 g/mol. The first kappa shape index (κ1) is 32.9. The smallest absolute Gasteiger partial charge is 0.305 e. The molecule has 0 aromatic carbocycles. The largest absolute Gasteiger partial charge is 0.465 e. The Kier molecular flexibility index (Phi) is 18.6. The first-order valence-electron chi connectivity index (χ1n) is 14.5. The van der Waals surface area contributed by atoms with E-state index in [0.717, 1.165) is 51.4 Å². The van der Waals surface area contributed by atoms with Gasteiger partial charge in [-0.1, -0.05) is 78.1 Å². The number of rotatable bonds is 18. The molecule has 0 saturated carbocycles. The number of ether oxygens (including phenoxy) is 4. The lowest BCUT2D eigenvalue weighted by atomic mass is 9.92. The van der Waals surface area contributed by atoms with Crippen LogP contribution in [0.2, 0.25) is 0 Å². The molecule has 1 aliphatic rings. The molecule has 214 valence electrons. The van der Waals surface area contributed by atoms with Crippen LogP contribution in [0.15, 0.2) is 0 Å². The molecule has 8 heteroatoms. The molecular weight excluding hydrogens is 476 g/mol. The third-order valence-corrected chi connectivity index (χ3v) is 6.64. The molecule has 0 amide bonds. The highest BCUT2D eigenvalue weighted by atomic mass is 16.6. The molecule has 1 rings (SSSR count). The summed E-state index contributed by atoms with van der Waals surface area (Å²) in [6.07, 6.45) is 14.7. The Morgan fingerprint density at radius 1 is 0.649 bits per heavy atom. The van der Waals surface area contributed by atoms with Gasteiger partial charge in [-0.05, 0) is 25.7 Å². The van der Waals surface area contributed by atoms with E-state index in [2.05, 4.69) is 13.8 Å². The van der Waals surface area contributed by atoms with Gasteiger partial charge in [-0.25, -0.2) is 0 Å². The predicted octanol–water partition coefficient (Wildman–Crippen LogP) is 6.22. The van der Waals surface area contributed by atoms with E-state index in [1.54, 1.807) is 0 Å². The lowest BCUT2D eigenvalue weighted by molar-refractivity contribution is -0.170. The van der Waals surface area contributed by atoms with Crippen LogP contribution in [0.1, 0.15) is 129 Å². The number of hydrogen-bond donors (Lipinski definition) is 0. The van der Waals surface area contributed by atoms with Crippen molar-refractivity contribution in [2.75, 3.05) is 26.4 Å². The quantitative estimate of drug-likeness (QED) is 0.118. The predicted molar refractivity (Wildman–Crippen MR) is 141 cm³/mol. The van der Waals surface area contributed by atoms with Crippen molar-refractivity contribution in [1.29, 1.82) is 0 Å². The normalized spacial score (nSPS) is 16.3. The Hall–Kier alpha value is -2.12. The number of esters is 4. The molecule has 0 aromatic heterocycles. The van der Waals surface area contributed by atoms with Gasteiger partial charge in [-0.3, -0.25) is 19.2 Å². The minimum atomic E-state index is -1.14. The zero-order valence-corrected chi connectivity index (χ0v) is 23.3. The van der Waals surface area contributed by atoms with E-state index in [1.807, 2.05) is 0 Å². The van der Waals surface area contributed by atoms with Gasteiger partial charge in [0.15, 0.2) is 0 Å². The van der Waals surface area contributed by atoms with Crippen molar-refractivity contribution in [3.63, 3.8) is 0 Å². The summed E-state index contributed by atoms with van der Waals surface area (Å²) >= 11 is 0. The van der Waals surface area contributed by atoms with Crippen molar-refractivity contribution in [1.82, 2.24) is 0 Å². The highest BCUT2D eigenvalue weighted by Gasteiger charge is 2.38. The van der Waals surface area contributed by atoms with Crippen molar-refractivity contribution in [2.45, 2.75) is 129 Å². The third-order valence-electron chi connectivity index (χ3n) is 6.64. The van der Waals surface area contributed by atoms with Crippen LogP contribution in [0.5, 0.6) is 0 Å². The molecule has 0 N–H and O–H groups in total. The van der Waals surface area contributed by atoms with E-state index in [-0.39, 0.29) is 57.6 Å². The van der Waals surface area contributed by atoms with Gasteiger partial charge in [-0.15, -0.1) is 0 Å². The fourth-order valence-electron chi connectivity index (χ4n) is 4.11. The SMILES string of the molecule is CCCCCCCCCC(=O)OCC1(COC(=O)CCCCCCC)COC(=O)CCCCC(=O)OC1. The van der Waals surface area contributed by atoms with Crippen LogP contribution in [0.3, 0.4) is 0 Å². The number of cyclic esters (lactones) is 2. The number of unbranched alkanes of at least 4 members (excludes halogenated alkanes) is 10. The van der Waals surface area contributed by atoms with E-state index < -0.39 is 17.4 Å². The van der Waals surface area contributed by atoms with Gasteiger partial charge in [0.25, 0.3) is 0 Å². The van der Waals surface area contributed by atoms with Gasteiger partial charge >= 0.3 is 23.9 Å². The van der Waals surface area contributed by atoms with Gasteiger partial charge in [-0.2, -0.15) is 0 Å². The van der Waals surface area contributed by atoms with E-state index in [0.29, 0.717) is 19.3 Å². The third kappa shape index (κ3) is 17.1. The molecule has 0 aromatic rings. The molecular formula is C29H50O8. The van der Waals surface area contributed by atoms with Crippen LogP contribution in [-0.4, -0.2) is 50.3 Å². The Labute approximate surface area is 223 Å². The Balaban J connectivity index is 2.69. The van der Waals surface area contributed by atoms with Crippen molar-refractivity contribution < 1.29 is 38.1 Å². The van der Waals surface area contributed by atoms with Crippen LogP contribution in [-0.2, 0) is 38.1 Å². The zero-order chi connectivity index (χ0) is 27.2. The van der Waals surface area contributed by atoms with Crippen LogP contribution in [0.4, 0.5) is 0 Å². The van der Waals surface area contributed by atoms with Crippen LogP contribution >= 0.6 is 0 Å². The average Bonchev–Trinajstić information content (AvgIpc) is 2.92. The first-order valence-corrected chi connectivity index (χ1v) is 14.5. The Morgan fingerprint density at radius 3 is 1.43 bits per heavy atom. The van der Waals surface area contributed by atoms with E-state index in [9.17, 15) is 19.2 Å². The maximum absolute atomic E-state index is 12.4. The molecule has 0 atom stereocenters. The molecule has 37 heavy (non-hydrogen) atoms. The highest BCUT2D eigenvalue weighted by Crippen LogP contribution is 2.24. The summed E-state index contributed by atoms with van der Waals surface area (Å²) in [5.74, 6) is -1.51. The highest BCUT2D eigenvalue weighted by molar-refractivity contribution is 5.71. The standard InChI is InChI=1S/C29H50O8/c1-3-5-7-9-10-12-14-18-26(31)35-22-29(21-34-25(30)17-13-11-8-6-4-2)23-36-27(32)19-15-16-20-28(33)37-24-29/h3-24H2,1-2H3. The van der Waals surface area contributed by atoms with E-state index in [4.69, 9.17) is 18.9 Å². The fraction of sp³-hybridized carbons (Fsp3) is 0.862. The van der Waals surface area contributed by atoms with Crippen molar-refractivity contribution in [2.24, 2.45) is 5.41 Å². The minimum absolute atomic E-state index is 0.159. The second-order valence-corrected chi connectivity index (χ2v) is 10.4. The van der Waals surface area contributed by atoms with Gasteiger partial charge in [0.1, 0.15) is 31.8 Å². The molecule has 0 aliphatic carbocycles. The summed E-state index contributed by atoms with van der Waals surface area (Å²) < 4.78 is 22.0. The molecule has 0 spiro atoms. The number of hydrogen-bond acceptors (Lipinski definition) is 8. The molecule has 0 radical (unpaired) electrons. The van der Waals surface area contributed by atoms with Crippen LogP contribution in [0, 0.1) is 5.41 Å². The molecule has 1 heterocycles. The molecule has 0 unspecified atom stereocenters. The Bertz CT molecular complexity index is 638. The molecule has 8 nitrogen and oxygen atoms in total. The topological polar surface area (TPSA) is 105 Å². The summed E-state index contributed by atoms with van der Waals surface area (Å²) in [5, 5.41) is 0. The lowest BCUT2D eigenvalue weighted by Gasteiger charge is -2.31. The lowest BCUT2D eigenvalue weighted by Crippen LogP contribution is -2.43. The van der Waals surface area contributed by atoms with Crippen molar-refractivity contribution in [3.05, 3.63) is 0 Å². The summed E-state index contributed by atoms with van der Waals surface area (Å²) in [7, 11) is 0. The number of carbonyl (C=O) groups is 4. The summed E-state index contributed by atoms with van der Waals surface area (Å²) in [4.78, 5) is 49.2. The summed E-state index contributed by atoms with van der Waals surface area (Å²) in [6.45, 7) is 3.68. The molecule has 1 aliphatic heterocycles. The van der Waals surface area contributed by atoms with Crippen LogP contribution in [0.25, 0.3) is 0 Å². The van der Waals surface area contributed by atoms with Gasteiger partial charge in [0.2, 0.25) is 0 Å². The second kappa shape index (κ2) is 20.9. The molecule has 0 bridgehead atoms. The maximum atomic E-state index is 12.4. The maximum Gasteiger partial charge on any atom is 0.305 e. The fourth-order valence-corrected chi connectivity index (χ4v) is 4.11. The van der Waals surface area contributed by atoms with Gasteiger partial charge in [0, 0.05) is 25.7 Å². The summed E-state index contributed by atoms with van der Waals surface area (Å²) in [6, 6.07) is 0. The van der Waals surface area contributed by atoms with E-state index in [1.165, 1.54) is 25.7 Å². The average molecular weight is 527 g/mol. The van der Waals surface area contributed by atoms with Crippen molar-refractivity contribution in [3.8, 4) is 0 Å². The van der Waals surface area contributed by atoms with E-state index >= 15 is 0 Å². The van der Waals surface area contributed by atoms with Gasteiger partial charge < -0.3 is 18.9 Å².